The van der Waals surface area contributed by atoms with Crippen molar-refractivity contribution < 1.29 is 43.0 Å². The molecule has 0 aromatic rings. The first-order valence-electron chi connectivity index (χ1n) is 12.5. The zero-order valence-corrected chi connectivity index (χ0v) is 21.3. The van der Waals surface area contributed by atoms with Gasteiger partial charge in [0.15, 0.2) is 23.5 Å². The van der Waals surface area contributed by atoms with Gasteiger partial charge in [-0.3, -0.25) is 14.1 Å². The molecule has 0 amide bonds. The number of phosphoric acid groups is 1. The molecule has 9 nitrogen and oxygen atoms in total. The van der Waals surface area contributed by atoms with E-state index in [2.05, 4.69) is 11.4 Å². The second-order valence-electron chi connectivity index (χ2n) is 11.3. The van der Waals surface area contributed by atoms with Gasteiger partial charge >= 0.3 is 7.82 Å². The Hall–Kier alpha value is -1.19. The van der Waals surface area contributed by atoms with E-state index >= 15 is 0 Å². The van der Waals surface area contributed by atoms with Gasteiger partial charge in [-0.15, -0.1) is 0 Å². The minimum atomic E-state index is -4.86. The third-order valence-electron chi connectivity index (χ3n) is 9.59. The lowest BCUT2D eigenvalue weighted by atomic mass is 9.46. The van der Waals surface area contributed by atoms with E-state index in [0.717, 1.165) is 24.8 Å². The first kappa shape index (κ1) is 25.5. The SMILES string of the molecule is CCCC1O[C@@H]2C[C@H]3[C@@H]4CCC5=CC(=O)C=C[C@]5(C)[C@H]4[C@@H](O)C[C@]3(C)[C@]2(C(=O)COP(=O)(O)O)O1. The number of carbonyl (C=O) groups excluding carboxylic acids is 2. The molecule has 35 heavy (non-hydrogen) atoms. The second kappa shape index (κ2) is 8.42. The largest absolute Gasteiger partial charge is 0.470 e. The highest BCUT2D eigenvalue weighted by atomic mass is 31.2. The number of fused-ring (bicyclic) bond motifs is 7. The van der Waals surface area contributed by atoms with Gasteiger partial charge < -0.3 is 24.4 Å². The van der Waals surface area contributed by atoms with Crippen molar-refractivity contribution in [1.29, 1.82) is 0 Å². The van der Waals surface area contributed by atoms with E-state index in [1.54, 1.807) is 12.2 Å². The van der Waals surface area contributed by atoms with Gasteiger partial charge in [0.05, 0.1) is 12.2 Å². The van der Waals surface area contributed by atoms with Gasteiger partial charge in [0, 0.05) is 16.7 Å². The molecular weight excluding hydrogens is 475 g/mol. The van der Waals surface area contributed by atoms with Crippen LogP contribution in [0.25, 0.3) is 0 Å². The van der Waals surface area contributed by atoms with E-state index in [1.807, 2.05) is 19.9 Å². The van der Waals surface area contributed by atoms with Gasteiger partial charge in [-0.05, 0) is 56.1 Å². The molecule has 5 rings (SSSR count). The fourth-order valence-corrected chi connectivity index (χ4v) is 8.54. The molecule has 3 N–H and O–H groups in total. The molecule has 4 aliphatic carbocycles. The summed E-state index contributed by atoms with van der Waals surface area (Å²) in [4.78, 5) is 44.2. The molecule has 0 aromatic carbocycles. The Balaban J connectivity index is 1.53. The molecule has 0 spiro atoms. The quantitative estimate of drug-likeness (QED) is 0.460. The van der Waals surface area contributed by atoms with Crippen molar-refractivity contribution >= 4 is 19.4 Å². The maximum absolute atomic E-state index is 13.7. The summed E-state index contributed by atoms with van der Waals surface area (Å²) < 4.78 is 28.7. The Kier molecular flexibility index (Phi) is 6.12. The predicted octanol–water partition coefficient (Wildman–Crippen LogP) is 2.83. The summed E-state index contributed by atoms with van der Waals surface area (Å²) in [5, 5.41) is 11.6. The van der Waals surface area contributed by atoms with Gasteiger partial charge in [0.25, 0.3) is 0 Å². The number of hydrogen-bond donors (Lipinski definition) is 3. The Morgan fingerprint density at radius 2 is 2.06 bits per heavy atom. The zero-order chi connectivity index (χ0) is 25.4. The first-order valence-corrected chi connectivity index (χ1v) is 14.1. The zero-order valence-electron chi connectivity index (χ0n) is 20.4. The van der Waals surface area contributed by atoms with Crippen molar-refractivity contribution in [2.24, 2.45) is 28.6 Å². The third-order valence-corrected chi connectivity index (χ3v) is 10.1. The lowest BCUT2D eigenvalue weighted by Crippen LogP contribution is -2.63. The average molecular weight is 511 g/mol. The Labute approximate surface area is 205 Å². The summed E-state index contributed by atoms with van der Waals surface area (Å²) in [5.74, 6) is -0.634. The van der Waals surface area contributed by atoms with Crippen molar-refractivity contribution in [3.8, 4) is 0 Å². The Morgan fingerprint density at radius 1 is 1.31 bits per heavy atom. The van der Waals surface area contributed by atoms with Crippen molar-refractivity contribution in [1.82, 2.24) is 0 Å². The highest BCUT2D eigenvalue weighted by molar-refractivity contribution is 7.46. The van der Waals surface area contributed by atoms with Crippen LogP contribution in [0.4, 0.5) is 0 Å². The molecule has 1 unspecified atom stereocenters. The molecule has 1 saturated heterocycles. The average Bonchev–Trinajstić information content (AvgIpc) is 3.24. The van der Waals surface area contributed by atoms with Crippen LogP contribution >= 0.6 is 7.82 Å². The molecule has 194 valence electrons. The normalized spacial score (nSPS) is 46.5. The summed E-state index contributed by atoms with van der Waals surface area (Å²) in [7, 11) is -4.86. The van der Waals surface area contributed by atoms with Gasteiger partial charge in [-0.2, -0.15) is 0 Å². The van der Waals surface area contributed by atoms with E-state index < -0.39 is 55.1 Å². The molecule has 5 aliphatic rings. The van der Waals surface area contributed by atoms with Crippen LogP contribution in [0, 0.1) is 28.6 Å². The molecule has 10 heteroatoms. The van der Waals surface area contributed by atoms with Crippen molar-refractivity contribution in [2.45, 2.75) is 83.4 Å². The van der Waals surface area contributed by atoms with Crippen LogP contribution in [-0.4, -0.2) is 57.2 Å². The predicted molar refractivity (Wildman–Crippen MR) is 124 cm³/mol. The number of hydrogen-bond acceptors (Lipinski definition) is 7. The summed E-state index contributed by atoms with van der Waals surface area (Å²) in [6.45, 7) is 5.24. The molecule has 9 atom stereocenters. The van der Waals surface area contributed by atoms with Crippen molar-refractivity contribution in [2.75, 3.05) is 6.61 Å². The van der Waals surface area contributed by atoms with Crippen LogP contribution in [0.5, 0.6) is 0 Å². The highest BCUT2D eigenvalue weighted by Gasteiger charge is 2.75. The van der Waals surface area contributed by atoms with Crippen LogP contribution in [-0.2, 0) is 28.2 Å². The van der Waals surface area contributed by atoms with Crippen LogP contribution < -0.4 is 0 Å². The fourth-order valence-electron chi connectivity index (χ4n) is 8.26. The summed E-state index contributed by atoms with van der Waals surface area (Å²) in [6, 6.07) is 0. The molecule has 1 heterocycles. The molecular formula is C25H35O9P. The fraction of sp³-hybridized carbons (Fsp3) is 0.760. The van der Waals surface area contributed by atoms with Gasteiger partial charge in [-0.25, -0.2) is 4.57 Å². The maximum atomic E-state index is 13.7. The molecule has 4 fully saturated rings. The molecule has 0 aromatic heterocycles. The lowest BCUT2D eigenvalue weighted by molar-refractivity contribution is -0.200. The van der Waals surface area contributed by atoms with Crippen LogP contribution in [0.15, 0.2) is 23.8 Å². The minimum Gasteiger partial charge on any atom is -0.393 e. The number of carbonyl (C=O) groups is 2. The number of aliphatic hydroxyl groups excluding tert-OH is 1. The van der Waals surface area contributed by atoms with E-state index in [9.17, 15) is 29.0 Å². The number of aliphatic hydroxyl groups is 1. The third kappa shape index (κ3) is 3.69. The molecule has 1 aliphatic heterocycles. The summed E-state index contributed by atoms with van der Waals surface area (Å²) in [6.07, 6.45) is 7.01. The number of Topliss-reactive ketones (excluding diaryl/α,β-unsaturated/α-hetero) is 1. The topological polar surface area (TPSA) is 140 Å². The number of ether oxygens (including phenoxy) is 2. The molecule has 0 radical (unpaired) electrons. The van der Waals surface area contributed by atoms with Crippen LogP contribution in [0.3, 0.4) is 0 Å². The maximum Gasteiger partial charge on any atom is 0.470 e. The Bertz CT molecular complexity index is 1030. The summed E-state index contributed by atoms with van der Waals surface area (Å²) in [5.41, 5.74) is -1.65. The first-order chi connectivity index (χ1) is 16.4. The molecule has 0 bridgehead atoms. The lowest BCUT2D eigenvalue weighted by Gasteiger charge is -2.59. The number of allylic oxidation sites excluding steroid dienone is 4. The number of ketones is 2. The smallest absolute Gasteiger partial charge is 0.393 e. The van der Waals surface area contributed by atoms with Crippen LogP contribution in [0.2, 0.25) is 0 Å². The van der Waals surface area contributed by atoms with Gasteiger partial charge in [-0.1, -0.05) is 38.8 Å². The Morgan fingerprint density at radius 3 is 2.74 bits per heavy atom. The van der Waals surface area contributed by atoms with Crippen molar-refractivity contribution in [3.63, 3.8) is 0 Å². The van der Waals surface area contributed by atoms with E-state index in [4.69, 9.17) is 9.47 Å². The number of phosphoric ester groups is 1. The van der Waals surface area contributed by atoms with Gasteiger partial charge in [0.2, 0.25) is 0 Å². The summed E-state index contributed by atoms with van der Waals surface area (Å²) >= 11 is 0. The van der Waals surface area contributed by atoms with Crippen molar-refractivity contribution in [3.05, 3.63) is 23.8 Å². The van der Waals surface area contributed by atoms with E-state index in [-0.39, 0.29) is 30.0 Å². The van der Waals surface area contributed by atoms with E-state index in [0.29, 0.717) is 12.8 Å². The standard InChI is InChI=1S/C25H35O9P/c1-4-5-21-33-20-11-17-16-7-6-14-10-15(26)8-9-23(14,2)22(16)18(27)12-24(17,3)25(20,34-21)19(28)13-32-35(29,30)31/h8-10,16-18,20-22,27H,4-7,11-13H2,1-3H3,(H2,29,30,31)/t16-,17-,18-,20+,21?,22+,23-,24-,25+/m0/s1. The van der Waals surface area contributed by atoms with Crippen LogP contribution in [0.1, 0.15) is 59.3 Å². The second-order valence-corrected chi connectivity index (χ2v) is 12.6. The number of rotatable bonds is 6. The minimum absolute atomic E-state index is 0.00751. The van der Waals surface area contributed by atoms with E-state index in [1.165, 1.54) is 0 Å². The van der Waals surface area contributed by atoms with Gasteiger partial charge in [0.1, 0.15) is 6.61 Å². The monoisotopic (exact) mass is 510 g/mol. The highest BCUT2D eigenvalue weighted by Crippen LogP contribution is 2.69. The molecule has 3 saturated carbocycles.